The summed E-state index contributed by atoms with van der Waals surface area (Å²) in [6, 6.07) is 11.0. The molecule has 1 aromatic heterocycles. The van der Waals surface area contributed by atoms with Gasteiger partial charge in [0, 0.05) is 30.9 Å². The fourth-order valence-electron chi connectivity index (χ4n) is 3.40. The van der Waals surface area contributed by atoms with Crippen LogP contribution in [0.3, 0.4) is 0 Å². The Labute approximate surface area is 175 Å². The number of halogens is 1. The zero-order chi connectivity index (χ0) is 20.2. The number of carbonyl (C=O) groups is 2. The molecule has 152 valence electrons. The average molecular weight is 414 g/mol. The van der Waals surface area contributed by atoms with Crippen molar-refractivity contribution in [2.75, 3.05) is 19.7 Å². The van der Waals surface area contributed by atoms with E-state index in [1.165, 1.54) is 6.20 Å². The van der Waals surface area contributed by atoms with Gasteiger partial charge < -0.3 is 15.0 Å². The van der Waals surface area contributed by atoms with Gasteiger partial charge in [-0.2, -0.15) is 0 Å². The lowest BCUT2D eigenvalue weighted by Gasteiger charge is -2.32. The van der Waals surface area contributed by atoms with Gasteiger partial charge in [-0.1, -0.05) is 11.6 Å². The molecule has 2 heterocycles. The van der Waals surface area contributed by atoms with Gasteiger partial charge in [0.05, 0.1) is 12.2 Å². The van der Waals surface area contributed by atoms with Crippen molar-refractivity contribution >= 4 is 23.4 Å². The number of hydrogen-bond acceptors (Lipinski definition) is 4. The van der Waals surface area contributed by atoms with E-state index >= 15 is 0 Å². The van der Waals surface area contributed by atoms with Gasteiger partial charge in [0.1, 0.15) is 10.9 Å². The minimum Gasteiger partial charge on any atom is -0.493 e. The van der Waals surface area contributed by atoms with Crippen molar-refractivity contribution in [3.63, 3.8) is 0 Å². The van der Waals surface area contributed by atoms with E-state index in [1.807, 2.05) is 17.0 Å². The lowest BCUT2D eigenvalue weighted by Crippen LogP contribution is -2.39. The predicted molar refractivity (Wildman–Crippen MR) is 110 cm³/mol. The predicted octanol–water partition coefficient (Wildman–Crippen LogP) is 3.56. The number of pyridine rings is 1. The summed E-state index contributed by atoms with van der Waals surface area (Å²) in [4.78, 5) is 30.4. The third-order valence-corrected chi connectivity index (χ3v) is 5.61. The van der Waals surface area contributed by atoms with Crippen molar-refractivity contribution in [3.8, 4) is 5.75 Å². The zero-order valence-corrected chi connectivity index (χ0v) is 16.9. The summed E-state index contributed by atoms with van der Waals surface area (Å²) in [5.74, 6) is 1.14. The molecular formula is C22H24ClN3O3. The van der Waals surface area contributed by atoms with Crippen LogP contribution in [-0.4, -0.2) is 47.4 Å². The molecule has 2 amide bonds. The van der Waals surface area contributed by atoms with E-state index in [0.717, 1.165) is 31.4 Å². The van der Waals surface area contributed by atoms with E-state index < -0.39 is 0 Å². The number of carbonyl (C=O) groups excluding carboxylic acids is 2. The van der Waals surface area contributed by atoms with E-state index in [4.69, 9.17) is 16.3 Å². The molecule has 0 atom stereocenters. The van der Waals surface area contributed by atoms with E-state index in [9.17, 15) is 9.59 Å². The second-order valence-electron chi connectivity index (χ2n) is 7.69. The van der Waals surface area contributed by atoms with Crippen LogP contribution in [-0.2, 0) is 0 Å². The number of hydrogen-bond donors (Lipinski definition) is 1. The fraction of sp³-hybridized carbons (Fsp3) is 0.409. The van der Waals surface area contributed by atoms with Crippen LogP contribution in [0.4, 0.5) is 0 Å². The molecule has 2 aromatic rings. The number of aromatic nitrogens is 1. The molecule has 29 heavy (non-hydrogen) atoms. The molecule has 2 aliphatic rings. The number of benzene rings is 1. The fourth-order valence-corrected chi connectivity index (χ4v) is 3.51. The largest absolute Gasteiger partial charge is 0.493 e. The monoisotopic (exact) mass is 413 g/mol. The van der Waals surface area contributed by atoms with Gasteiger partial charge in [0.25, 0.3) is 11.8 Å². The second-order valence-corrected chi connectivity index (χ2v) is 8.08. The van der Waals surface area contributed by atoms with E-state index in [2.05, 4.69) is 10.3 Å². The Balaban J connectivity index is 1.22. The smallest absolute Gasteiger partial charge is 0.255 e. The van der Waals surface area contributed by atoms with Crippen LogP contribution >= 0.6 is 11.6 Å². The van der Waals surface area contributed by atoms with Gasteiger partial charge >= 0.3 is 0 Å². The first-order valence-corrected chi connectivity index (χ1v) is 10.4. The highest BCUT2D eigenvalue weighted by molar-refractivity contribution is 6.29. The number of piperidine rings is 1. The minimum atomic E-state index is -0.0213. The number of nitrogens with zero attached hydrogens (tertiary/aromatic N) is 2. The minimum absolute atomic E-state index is 0.00593. The molecule has 0 unspecified atom stereocenters. The Hall–Kier alpha value is -2.60. The molecule has 1 aliphatic heterocycles. The summed E-state index contributed by atoms with van der Waals surface area (Å²) in [6.07, 6.45) is 5.47. The molecule has 0 radical (unpaired) electrons. The highest BCUT2D eigenvalue weighted by atomic mass is 35.5. The third kappa shape index (κ3) is 5.26. The average Bonchev–Trinajstić information content (AvgIpc) is 3.57. The summed E-state index contributed by atoms with van der Waals surface area (Å²) in [7, 11) is 0. The zero-order valence-electron chi connectivity index (χ0n) is 16.1. The van der Waals surface area contributed by atoms with Crippen molar-refractivity contribution in [2.24, 2.45) is 5.92 Å². The number of rotatable bonds is 6. The quantitative estimate of drug-likeness (QED) is 0.735. The Kier molecular flexibility index (Phi) is 6.00. The third-order valence-electron chi connectivity index (χ3n) is 5.39. The molecule has 1 saturated carbocycles. The SMILES string of the molecule is O=C(NC1CC1)c1ccc(OCC2CCN(C(=O)c3ccc(Cl)nc3)CC2)cc1. The van der Waals surface area contributed by atoms with Crippen LogP contribution in [0, 0.1) is 5.92 Å². The normalized spacial score (nSPS) is 17.1. The molecular weight excluding hydrogens is 390 g/mol. The van der Waals surface area contributed by atoms with Crippen molar-refractivity contribution in [2.45, 2.75) is 31.7 Å². The Morgan fingerprint density at radius 1 is 1.03 bits per heavy atom. The first kappa shape index (κ1) is 19.7. The summed E-state index contributed by atoms with van der Waals surface area (Å²) in [6.45, 7) is 2.02. The number of amides is 2. The first-order valence-electron chi connectivity index (χ1n) is 10.0. The lowest BCUT2D eigenvalue weighted by atomic mass is 9.97. The summed E-state index contributed by atoms with van der Waals surface area (Å²) in [5, 5.41) is 3.36. The van der Waals surface area contributed by atoms with Crippen molar-refractivity contribution in [1.29, 1.82) is 0 Å². The van der Waals surface area contributed by atoms with Gasteiger partial charge in [-0.25, -0.2) is 4.98 Å². The van der Waals surface area contributed by atoms with E-state index in [0.29, 0.717) is 47.9 Å². The van der Waals surface area contributed by atoms with Crippen LogP contribution in [0.5, 0.6) is 5.75 Å². The van der Waals surface area contributed by atoms with Gasteiger partial charge in [-0.15, -0.1) is 0 Å². The van der Waals surface area contributed by atoms with Gasteiger partial charge in [0.15, 0.2) is 0 Å². The van der Waals surface area contributed by atoms with Crippen LogP contribution < -0.4 is 10.1 Å². The first-order chi connectivity index (χ1) is 14.1. The molecule has 1 N–H and O–H groups in total. The number of ether oxygens (including phenoxy) is 1. The Morgan fingerprint density at radius 3 is 2.34 bits per heavy atom. The summed E-state index contributed by atoms with van der Waals surface area (Å²) < 4.78 is 5.91. The Morgan fingerprint density at radius 2 is 1.72 bits per heavy atom. The van der Waals surface area contributed by atoms with E-state index in [1.54, 1.807) is 24.3 Å². The van der Waals surface area contributed by atoms with Crippen LogP contribution in [0.1, 0.15) is 46.4 Å². The van der Waals surface area contributed by atoms with Gasteiger partial charge in [-0.3, -0.25) is 9.59 Å². The molecule has 0 bridgehead atoms. The molecule has 1 aliphatic carbocycles. The molecule has 2 fully saturated rings. The molecule has 1 aromatic carbocycles. The number of likely N-dealkylation sites (tertiary alicyclic amines) is 1. The molecule has 6 nitrogen and oxygen atoms in total. The molecule has 4 rings (SSSR count). The van der Waals surface area contributed by atoms with Crippen molar-refractivity contribution in [1.82, 2.24) is 15.2 Å². The van der Waals surface area contributed by atoms with E-state index in [-0.39, 0.29) is 11.8 Å². The summed E-state index contributed by atoms with van der Waals surface area (Å²) >= 11 is 5.78. The highest BCUT2D eigenvalue weighted by Gasteiger charge is 2.25. The van der Waals surface area contributed by atoms with Crippen molar-refractivity contribution in [3.05, 3.63) is 58.9 Å². The maximum Gasteiger partial charge on any atom is 0.255 e. The second kappa shape index (κ2) is 8.82. The van der Waals surface area contributed by atoms with Gasteiger partial charge in [-0.05, 0) is 68.0 Å². The molecule has 7 heteroatoms. The molecule has 0 spiro atoms. The Bertz CT molecular complexity index is 858. The van der Waals surface area contributed by atoms with Crippen LogP contribution in [0.25, 0.3) is 0 Å². The van der Waals surface area contributed by atoms with Crippen LogP contribution in [0.15, 0.2) is 42.6 Å². The standard InChI is InChI=1S/C22H24ClN3O3/c23-20-8-3-17(13-24-20)22(28)26-11-9-15(10-12-26)14-29-19-6-1-16(2-7-19)21(27)25-18-4-5-18/h1-3,6-8,13,15,18H,4-5,9-12,14H2,(H,25,27). The topological polar surface area (TPSA) is 71.5 Å². The van der Waals surface area contributed by atoms with Gasteiger partial charge in [0.2, 0.25) is 0 Å². The highest BCUT2D eigenvalue weighted by Crippen LogP contribution is 2.22. The maximum absolute atomic E-state index is 12.5. The maximum atomic E-state index is 12.5. The lowest BCUT2D eigenvalue weighted by molar-refractivity contribution is 0.0660. The number of nitrogens with one attached hydrogen (secondary N) is 1. The summed E-state index contributed by atoms with van der Waals surface area (Å²) in [5.41, 5.74) is 1.22. The van der Waals surface area contributed by atoms with Crippen LogP contribution in [0.2, 0.25) is 5.15 Å². The molecule has 1 saturated heterocycles. The van der Waals surface area contributed by atoms with Crippen molar-refractivity contribution < 1.29 is 14.3 Å².